The van der Waals surface area contributed by atoms with E-state index >= 15 is 0 Å². The van der Waals surface area contributed by atoms with Crippen LogP contribution in [0.5, 0.6) is 5.75 Å². The molecule has 1 aromatic rings. The average Bonchev–Trinajstić information content (AvgIpc) is 2.35. The van der Waals surface area contributed by atoms with Gasteiger partial charge in [-0.25, -0.2) is 9.18 Å². The van der Waals surface area contributed by atoms with Gasteiger partial charge < -0.3 is 14.8 Å². The zero-order valence-electron chi connectivity index (χ0n) is 10.1. The van der Waals surface area contributed by atoms with Crippen LogP contribution in [-0.4, -0.2) is 26.7 Å². The Labute approximate surface area is 99.7 Å². The van der Waals surface area contributed by atoms with Crippen LogP contribution in [0.4, 0.5) is 4.39 Å². The lowest BCUT2D eigenvalue weighted by Crippen LogP contribution is -2.15. The Morgan fingerprint density at radius 1 is 1.53 bits per heavy atom. The lowest BCUT2D eigenvalue weighted by molar-refractivity contribution is -0.142. The van der Waals surface area contributed by atoms with Crippen LogP contribution in [0.1, 0.15) is 18.5 Å². The van der Waals surface area contributed by atoms with E-state index in [9.17, 15) is 9.18 Å². The maximum absolute atomic E-state index is 13.7. The molecule has 1 N–H and O–H groups in total. The van der Waals surface area contributed by atoms with E-state index in [1.165, 1.54) is 13.2 Å². The second kappa shape index (κ2) is 6.20. The summed E-state index contributed by atoms with van der Waals surface area (Å²) in [5.74, 6) is -0.563. The molecule has 0 aromatic heterocycles. The molecule has 1 unspecified atom stereocenters. The molecule has 1 atom stereocenters. The fraction of sp³-hybridized carbons (Fsp3) is 0.417. The van der Waals surface area contributed by atoms with Crippen LogP contribution in [0.25, 0.3) is 0 Å². The van der Waals surface area contributed by atoms with Gasteiger partial charge in [-0.15, -0.1) is 0 Å². The summed E-state index contributed by atoms with van der Waals surface area (Å²) in [7, 11) is 3.02. The number of rotatable bonds is 5. The molecule has 17 heavy (non-hydrogen) atoms. The largest absolute Gasteiger partial charge is 0.482 e. The van der Waals surface area contributed by atoms with E-state index in [1.807, 2.05) is 6.92 Å². The van der Waals surface area contributed by atoms with Gasteiger partial charge in [-0.1, -0.05) is 6.07 Å². The summed E-state index contributed by atoms with van der Waals surface area (Å²) in [4.78, 5) is 10.8. The molecule has 5 heteroatoms. The van der Waals surface area contributed by atoms with Gasteiger partial charge in [-0.05, 0) is 20.0 Å². The molecular weight excluding hydrogens is 225 g/mol. The molecule has 0 aliphatic heterocycles. The summed E-state index contributed by atoms with van der Waals surface area (Å²) in [6.45, 7) is 1.63. The third-order valence-corrected chi connectivity index (χ3v) is 2.46. The highest BCUT2D eigenvalue weighted by molar-refractivity contribution is 5.70. The van der Waals surface area contributed by atoms with Gasteiger partial charge in [0.1, 0.15) is 11.6 Å². The number of benzene rings is 1. The van der Waals surface area contributed by atoms with E-state index < -0.39 is 5.97 Å². The van der Waals surface area contributed by atoms with Gasteiger partial charge in [-0.2, -0.15) is 0 Å². The van der Waals surface area contributed by atoms with Crippen LogP contribution < -0.4 is 10.1 Å². The topological polar surface area (TPSA) is 47.6 Å². The Kier molecular flexibility index (Phi) is 4.90. The zero-order valence-corrected chi connectivity index (χ0v) is 10.1. The van der Waals surface area contributed by atoms with E-state index in [2.05, 4.69) is 10.1 Å². The second-order valence-electron chi connectivity index (χ2n) is 3.56. The lowest BCUT2D eigenvalue weighted by atomic mass is 10.1. The summed E-state index contributed by atoms with van der Waals surface area (Å²) in [5.41, 5.74) is 0.554. The van der Waals surface area contributed by atoms with Gasteiger partial charge in [0.2, 0.25) is 0 Å². The van der Waals surface area contributed by atoms with Crippen molar-refractivity contribution in [2.45, 2.75) is 13.0 Å². The maximum Gasteiger partial charge on any atom is 0.343 e. The minimum Gasteiger partial charge on any atom is -0.482 e. The molecule has 0 saturated carbocycles. The van der Waals surface area contributed by atoms with Crippen molar-refractivity contribution in [1.82, 2.24) is 5.32 Å². The number of nitrogens with one attached hydrogen (secondary N) is 1. The summed E-state index contributed by atoms with van der Waals surface area (Å²) >= 11 is 0. The first-order chi connectivity index (χ1) is 8.08. The minimum absolute atomic E-state index is 0.0790. The van der Waals surface area contributed by atoms with Gasteiger partial charge in [0.15, 0.2) is 6.61 Å². The van der Waals surface area contributed by atoms with Gasteiger partial charge >= 0.3 is 5.97 Å². The van der Waals surface area contributed by atoms with Crippen molar-refractivity contribution in [3.63, 3.8) is 0 Å². The molecule has 0 bridgehead atoms. The van der Waals surface area contributed by atoms with Crippen molar-refractivity contribution in [3.8, 4) is 5.75 Å². The molecule has 0 spiro atoms. The third-order valence-electron chi connectivity index (χ3n) is 2.46. The van der Waals surface area contributed by atoms with Crippen molar-refractivity contribution in [2.75, 3.05) is 20.8 Å². The fourth-order valence-corrected chi connectivity index (χ4v) is 1.31. The molecule has 0 amide bonds. The minimum atomic E-state index is -0.502. The van der Waals surface area contributed by atoms with Crippen LogP contribution >= 0.6 is 0 Å². The predicted molar refractivity (Wildman–Crippen MR) is 61.4 cm³/mol. The standard InChI is InChI=1S/C12H16FNO3/c1-8(14-2)10-5-4-9(6-11(10)13)17-7-12(15)16-3/h4-6,8,14H,7H2,1-3H3. The molecule has 0 radical (unpaired) electrons. The number of esters is 1. The molecule has 0 heterocycles. The van der Waals surface area contributed by atoms with Gasteiger partial charge in [0.05, 0.1) is 7.11 Å². The van der Waals surface area contributed by atoms with Crippen molar-refractivity contribution in [3.05, 3.63) is 29.6 Å². The third kappa shape index (κ3) is 3.71. The van der Waals surface area contributed by atoms with Crippen LogP contribution in [0.2, 0.25) is 0 Å². The van der Waals surface area contributed by atoms with Crippen molar-refractivity contribution >= 4 is 5.97 Å². The zero-order chi connectivity index (χ0) is 12.8. The fourth-order valence-electron chi connectivity index (χ4n) is 1.31. The van der Waals surface area contributed by atoms with Crippen LogP contribution in [-0.2, 0) is 9.53 Å². The van der Waals surface area contributed by atoms with Crippen LogP contribution in [0, 0.1) is 5.82 Å². The first kappa shape index (κ1) is 13.4. The SMILES string of the molecule is CNC(C)c1ccc(OCC(=O)OC)cc1F. The molecule has 0 fully saturated rings. The predicted octanol–water partition coefficient (Wildman–Crippen LogP) is 1.66. The molecule has 0 aliphatic rings. The van der Waals surface area contributed by atoms with E-state index in [-0.39, 0.29) is 18.5 Å². The maximum atomic E-state index is 13.7. The average molecular weight is 241 g/mol. The number of halogens is 1. The van der Waals surface area contributed by atoms with Gasteiger partial charge in [-0.3, -0.25) is 0 Å². The van der Waals surface area contributed by atoms with Crippen molar-refractivity contribution in [1.29, 1.82) is 0 Å². The van der Waals surface area contributed by atoms with E-state index in [1.54, 1.807) is 19.2 Å². The van der Waals surface area contributed by atoms with Gasteiger partial charge in [0.25, 0.3) is 0 Å². The smallest absolute Gasteiger partial charge is 0.343 e. The van der Waals surface area contributed by atoms with Crippen molar-refractivity contribution < 1.29 is 18.7 Å². The van der Waals surface area contributed by atoms with Crippen LogP contribution in [0.15, 0.2) is 18.2 Å². The Hall–Kier alpha value is -1.62. The monoisotopic (exact) mass is 241 g/mol. The highest BCUT2D eigenvalue weighted by Crippen LogP contribution is 2.21. The summed E-state index contributed by atoms with van der Waals surface area (Å²) in [6, 6.07) is 4.43. The van der Waals surface area contributed by atoms with E-state index in [0.717, 1.165) is 0 Å². The highest BCUT2D eigenvalue weighted by atomic mass is 19.1. The summed E-state index contributed by atoms with van der Waals surface area (Å²) in [5, 5.41) is 2.95. The molecule has 0 aliphatic carbocycles. The number of hydrogen-bond donors (Lipinski definition) is 1. The number of methoxy groups -OCH3 is 1. The molecule has 1 rings (SSSR count). The Bertz CT molecular complexity index is 395. The Morgan fingerprint density at radius 3 is 2.76 bits per heavy atom. The molecule has 1 aromatic carbocycles. The van der Waals surface area contributed by atoms with Gasteiger partial charge in [0, 0.05) is 17.7 Å². The molecular formula is C12H16FNO3. The first-order valence-corrected chi connectivity index (χ1v) is 5.24. The number of carbonyl (C=O) groups is 1. The van der Waals surface area contributed by atoms with E-state index in [4.69, 9.17) is 4.74 Å². The number of hydrogen-bond acceptors (Lipinski definition) is 4. The summed E-state index contributed by atoms with van der Waals surface area (Å²) < 4.78 is 23.1. The number of carbonyl (C=O) groups excluding carboxylic acids is 1. The summed E-state index contributed by atoms with van der Waals surface area (Å²) in [6.07, 6.45) is 0. The normalized spacial score (nSPS) is 12.0. The first-order valence-electron chi connectivity index (χ1n) is 5.24. The Morgan fingerprint density at radius 2 is 2.24 bits per heavy atom. The Balaban J connectivity index is 2.72. The molecule has 0 saturated heterocycles. The van der Waals surface area contributed by atoms with Crippen molar-refractivity contribution in [2.24, 2.45) is 0 Å². The van der Waals surface area contributed by atoms with E-state index in [0.29, 0.717) is 11.3 Å². The highest BCUT2D eigenvalue weighted by Gasteiger charge is 2.10. The molecule has 4 nitrogen and oxygen atoms in total. The molecule has 94 valence electrons. The van der Waals surface area contributed by atoms with Crippen LogP contribution in [0.3, 0.4) is 0 Å². The quantitative estimate of drug-likeness (QED) is 0.796. The second-order valence-corrected chi connectivity index (χ2v) is 3.56. The lowest BCUT2D eigenvalue weighted by Gasteiger charge is -2.12. The number of ether oxygens (including phenoxy) is 2.